The van der Waals surface area contributed by atoms with E-state index in [1.54, 1.807) is 11.3 Å². The van der Waals surface area contributed by atoms with E-state index in [-0.39, 0.29) is 11.9 Å². The van der Waals surface area contributed by atoms with E-state index in [9.17, 15) is 4.79 Å². The van der Waals surface area contributed by atoms with Gasteiger partial charge in [0.2, 0.25) is 5.95 Å². The number of anilines is 1. The molecule has 160 valence electrons. The maximum absolute atomic E-state index is 13.5. The van der Waals surface area contributed by atoms with Crippen molar-refractivity contribution >= 4 is 23.2 Å². The number of fused-ring (bicyclic) bond motifs is 1. The molecule has 2 fully saturated rings. The van der Waals surface area contributed by atoms with E-state index in [1.807, 2.05) is 31.7 Å². The first-order valence-corrected chi connectivity index (χ1v) is 11.6. The summed E-state index contributed by atoms with van der Waals surface area (Å²) in [6.45, 7) is 10.5. The molecule has 2 atom stereocenters. The Hall–Kier alpha value is -2.80. The number of benzene rings is 1. The second kappa shape index (κ2) is 7.71. The molecule has 3 aromatic rings. The van der Waals surface area contributed by atoms with Gasteiger partial charge in [0.15, 0.2) is 0 Å². The number of rotatable bonds is 3. The zero-order valence-corrected chi connectivity index (χ0v) is 19.2. The van der Waals surface area contributed by atoms with Gasteiger partial charge in [-0.25, -0.2) is 15.0 Å². The fourth-order valence-corrected chi connectivity index (χ4v) is 5.58. The molecule has 0 unspecified atom stereocenters. The van der Waals surface area contributed by atoms with Crippen molar-refractivity contribution in [1.29, 1.82) is 0 Å². The number of likely N-dealkylation sites (tertiary alicyclic amines) is 1. The number of thiazole rings is 1. The average Bonchev–Trinajstić information content (AvgIpc) is 3.10. The molecule has 2 aromatic heterocycles. The molecule has 6 nitrogen and oxygen atoms in total. The van der Waals surface area contributed by atoms with Crippen LogP contribution in [0.3, 0.4) is 0 Å². The lowest BCUT2D eigenvalue weighted by Crippen LogP contribution is -2.65. The van der Waals surface area contributed by atoms with Gasteiger partial charge in [-0.2, -0.15) is 0 Å². The van der Waals surface area contributed by atoms with Crippen LogP contribution in [0.25, 0.3) is 10.4 Å². The molecule has 0 N–H and O–H groups in total. The Kier molecular flexibility index (Phi) is 5.01. The average molecular weight is 434 g/mol. The summed E-state index contributed by atoms with van der Waals surface area (Å²) in [6.07, 6.45) is 1.01. The topological polar surface area (TPSA) is 62.2 Å². The number of amides is 1. The lowest BCUT2D eigenvalue weighted by atomic mass is 9.82. The highest BCUT2D eigenvalue weighted by Gasteiger charge is 2.45. The number of aryl methyl sites for hydroxylation is 4. The summed E-state index contributed by atoms with van der Waals surface area (Å²) in [5, 5.41) is 0.919. The third-order valence-corrected chi connectivity index (χ3v) is 7.34. The summed E-state index contributed by atoms with van der Waals surface area (Å²) < 4.78 is 0. The van der Waals surface area contributed by atoms with Crippen molar-refractivity contribution in [2.75, 3.05) is 24.5 Å². The summed E-state index contributed by atoms with van der Waals surface area (Å²) in [6, 6.07) is 10.6. The monoisotopic (exact) mass is 433 g/mol. The van der Waals surface area contributed by atoms with Gasteiger partial charge in [0.25, 0.3) is 5.91 Å². The summed E-state index contributed by atoms with van der Waals surface area (Å²) in [4.78, 5) is 32.6. The highest BCUT2D eigenvalue weighted by atomic mass is 32.1. The smallest absolute Gasteiger partial charge is 0.274 e. The van der Waals surface area contributed by atoms with Crippen LogP contribution in [-0.2, 0) is 0 Å². The van der Waals surface area contributed by atoms with Crippen molar-refractivity contribution in [2.45, 2.75) is 40.2 Å². The first kappa shape index (κ1) is 20.1. The largest absolute Gasteiger partial charge is 0.335 e. The van der Waals surface area contributed by atoms with Gasteiger partial charge in [0, 0.05) is 36.9 Å². The molecule has 0 spiro atoms. The molecule has 7 heteroatoms. The Morgan fingerprint density at radius 2 is 1.71 bits per heavy atom. The maximum atomic E-state index is 13.5. The van der Waals surface area contributed by atoms with Crippen LogP contribution < -0.4 is 4.90 Å². The Labute approximate surface area is 187 Å². The molecule has 2 saturated heterocycles. The number of hydrogen-bond acceptors (Lipinski definition) is 6. The van der Waals surface area contributed by atoms with Crippen molar-refractivity contribution in [3.8, 4) is 10.4 Å². The predicted octanol–water partition coefficient (Wildman–Crippen LogP) is 4.18. The molecular weight excluding hydrogens is 406 g/mol. The van der Waals surface area contributed by atoms with Gasteiger partial charge in [-0.05, 0) is 45.7 Å². The minimum Gasteiger partial charge on any atom is -0.335 e. The van der Waals surface area contributed by atoms with E-state index >= 15 is 0 Å². The van der Waals surface area contributed by atoms with Crippen molar-refractivity contribution in [3.63, 3.8) is 0 Å². The molecule has 5 rings (SSSR count). The third kappa shape index (κ3) is 3.71. The summed E-state index contributed by atoms with van der Waals surface area (Å²) in [5.41, 5.74) is 4.81. The Bertz CT molecular complexity index is 1120. The van der Waals surface area contributed by atoms with Gasteiger partial charge in [-0.1, -0.05) is 29.8 Å². The molecule has 0 bridgehead atoms. The van der Waals surface area contributed by atoms with E-state index in [2.05, 4.69) is 51.0 Å². The van der Waals surface area contributed by atoms with Gasteiger partial charge < -0.3 is 9.80 Å². The molecule has 0 aliphatic carbocycles. The first-order chi connectivity index (χ1) is 14.9. The molecular formula is C24H27N5OS. The Balaban J connectivity index is 1.38. The van der Waals surface area contributed by atoms with Gasteiger partial charge in [-0.3, -0.25) is 4.79 Å². The lowest BCUT2D eigenvalue weighted by Gasteiger charge is -2.53. The van der Waals surface area contributed by atoms with Crippen LogP contribution in [0.1, 0.15) is 38.9 Å². The molecule has 31 heavy (non-hydrogen) atoms. The molecule has 0 radical (unpaired) electrons. The summed E-state index contributed by atoms with van der Waals surface area (Å²) in [5.74, 6) is 1.42. The van der Waals surface area contributed by atoms with Crippen LogP contribution in [-0.4, -0.2) is 51.4 Å². The highest BCUT2D eigenvalue weighted by Crippen LogP contribution is 2.37. The van der Waals surface area contributed by atoms with Gasteiger partial charge in [0.05, 0.1) is 15.9 Å². The second-order valence-electron chi connectivity index (χ2n) is 8.75. The van der Waals surface area contributed by atoms with E-state index < -0.39 is 0 Å². The number of piperidine rings is 1. The third-order valence-electron chi connectivity index (χ3n) is 6.32. The van der Waals surface area contributed by atoms with E-state index in [4.69, 9.17) is 0 Å². The fourth-order valence-electron chi connectivity index (χ4n) is 4.67. The number of hydrogen-bond donors (Lipinski definition) is 0. The zero-order chi connectivity index (χ0) is 21.7. The number of carbonyl (C=O) groups is 1. The molecule has 2 aliphatic heterocycles. The molecule has 0 saturated carbocycles. The van der Waals surface area contributed by atoms with Crippen LogP contribution in [0, 0.1) is 33.6 Å². The maximum Gasteiger partial charge on any atom is 0.274 e. The molecule has 1 amide bonds. The Morgan fingerprint density at radius 1 is 1.00 bits per heavy atom. The second-order valence-corrected chi connectivity index (χ2v) is 9.95. The van der Waals surface area contributed by atoms with Crippen molar-refractivity contribution < 1.29 is 4.79 Å². The van der Waals surface area contributed by atoms with Crippen LogP contribution in [0.2, 0.25) is 0 Å². The normalized spacial score (nSPS) is 20.4. The lowest BCUT2D eigenvalue weighted by molar-refractivity contribution is 0.0585. The fraction of sp³-hybridized carbons (Fsp3) is 0.417. The molecule has 4 heterocycles. The van der Waals surface area contributed by atoms with Crippen LogP contribution in [0.15, 0.2) is 30.3 Å². The van der Waals surface area contributed by atoms with Crippen molar-refractivity contribution in [2.24, 2.45) is 5.92 Å². The molecule has 1 aromatic carbocycles. The number of carbonyl (C=O) groups excluding carboxylic acids is 1. The van der Waals surface area contributed by atoms with E-state index in [0.717, 1.165) is 52.3 Å². The summed E-state index contributed by atoms with van der Waals surface area (Å²) >= 11 is 1.59. The molecule has 2 aliphatic rings. The SMILES string of the molecule is Cc1ccc(-c2sc(C)nc2C(=O)N2CC[C@H]3CN(c4nc(C)cc(C)n4)[C@H]3C2)cc1. The highest BCUT2D eigenvalue weighted by molar-refractivity contribution is 7.15. The first-order valence-electron chi connectivity index (χ1n) is 10.8. The minimum absolute atomic E-state index is 0.0339. The van der Waals surface area contributed by atoms with Crippen LogP contribution >= 0.6 is 11.3 Å². The minimum atomic E-state index is 0.0339. The van der Waals surface area contributed by atoms with E-state index in [0.29, 0.717) is 18.2 Å². The van der Waals surface area contributed by atoms with Gasteiger partial charge >= 0.3 is 0 Å². The quantitative estimate of drug-likeness (QED) is 0.620. The van der Waals surface area contributed by atoms with Crippen LogP contribution in [0.4, 0.5) is 5.95 Å². The van der Waals surface area contributed by atoms with Gasteiger partial charge in [-0.15, -0.1) is 11.3 Å². The summed E-state index contributed by atoms with van der Waals surface area (Å²) in [7, 11) is 0. The Morgan fingerprint density at radius 3 is 2.42 bits per heavy atom. The van der Waals surface area contributed by atoms with Crippen LogP contribution in [0.5, 0.6) is 0 Å². The number of aromatic nitrogens is 3. The van der Waals surface area contributed by atoms with Crippen molar-refractivity contribution in [3.05, 3.63) is 58.0 Å². The van der Waals surface area contributed by atoms with E-state index in [1.165, 1.54) is 5.56 Å². The standard InChI is InChI=1S/C24H27N5OS/c1-14-5-7-18(8-6-14)22-21(27-17(4)31-22)23(30)28-10-9-19-12-29(20(19)13-28)24-25-15(2)11-16(3)26-24/h5-8,11,19-20H,9-10,12-13H2,1-4H3/t19-,20-/m0/s1. The van der Waals surface area contributed by atoms with Gasteiger partial charge in [0.1, 0.15) is 5.69 Å². The number of nitrogens with zero attached hydrogens (tertiary/aromatic N) is 5. The predicted molar refractivity (Wildman–Crippen MR) is 124 cm³/mol. The van der Waals surface area contributed by atoms with Crippen molar-refractivity contribution in [1.82, 2.24) is 19.9 Å². The zero-order valence-electron chi connectivity index (χ0n) is 18.4.